The van der Waals surface area contributed by atoms with Gasteiger partial charge in [0.05, 0.1) is 11.6 Å². The first-order chi connectivity index (χ1) is 7.09. The van der Waals surface area contributed by atoms with Crippen molar-refractivity contribution in [3.05, 3.63) is 35.5 Å². The lowest BCUT2D eigenvalue weighted by atomic mass is 10.1. The zero-order chi connectivity index (χ0) is 11.0. The van der Waals surface area contributed by atoms with Crippen molar-refractivity contribution in [1.29, 1.82) is 0 Å². The molecule has 1 atom stereocenters. The molecule has 0 saturated heterocycles. The lowest BCUT2D eigenvalue weighted by molar-refractivity contribution is 0.199. The lowest BCUT2D eigenvalue weighted by Crippen LogP contribution is -1.96. The Labute approximate surface area is 88.6 Å². The molecular formula is C12H14N2O. The molecule has 3 heteroatoms. The van der Waals surface area contributed by atoms with E-state index in [2.05, 4.69) is 4.98 Å². The van der Waals surface area contributed by atoms with Gasteiger partial charge in [0.2, 0.25) is 0 Å². The molecule has 2 aromatic rings. The van der Waals surface area contributed by atoms with Crippen LogP contribution in [0, 0.1) is 6.92 Å². The van der Waals surface area contributed by atoms with Crippen LogP contribution in [0.15, 0.2) is 24.4 Å². The first-order valence-corrected chi connectivity index (χ1v) is 4.92. The number of aromatic nitrogens is 1. The largest absolute Gasteiger partial charge is 0.398 e. The van der Waals surface area contributed by atoms with Crippen LogP contribution in [0.3, 0.4) is 0 Å². The van der Waals surface area contributed by atoms with Gasteiger partial charge in [0.15, 0.2) is 0 Å². The Morgan fingerprint density at radius 1 is 1.40 bits per heavy atom. The summed E-state index contributed by atoms with van der Waals surface area (Å²) in [6, 6.07) is 5.74. The number of hydrogen-bond acceptors (Lipinski definition) is 3. The number of aliphatic hydroxyl groups is 1. The molecule has 0 aliphatic carbocycles. The molecule has 0 amide bonds. The molecule has 2 rings (SSSR count). The van der Waals surface area contributed by atoms with E-state index in [0.717, 1.165) is 27.7 Å². The van der Waals surface area contributed by atoms with Gasteiger partial charge in [-0.2, -0.15) is 0 Å². The summed E-state index contributed by atoms with van der Waals surface area (Å²) in [5.41, 5.74) is 9.26. The summed E-state index contributed by atoms with van der Waals surface area (Å²) in [6.07, 6.45) is 1.21. The van der Waals surface area contributed by atoms with E-state index in [1.165, 1.54) is 0 Å². The van der Waals surface area contributed by atoms with Gasteiger partial charge < -0.3 is 10.8 Å². The fourth-order valence-electron chi connectivity index (χ4n) is 1.61. The minimum absolute atomic E-state index is 0.486. The van der Waals surface area contributed by atoms with Gasteiger partial charge in [-0.05, 0) is 37.1 Å². The summed E-state index contributed by atoms with van der Waals surface area (Å²) < 4.78 is 0. The topological polar surface area (TPSA) is 59.1 Å². The first kappa shape index (κ1) is 9.93. The molecule has 3 N–H and O–H groups in total. The van der Waals surface area contributed by atoms with E-state index >= 15 is 0 Å². The van der Waals surface area contributed by atoms with Gasteiger partial charge in [-0.1, -0.05) is 6.07 Å². The van der Waals surface area contributed by atoms with Crippen LogP contribution >= 0.6 is 0 Å². The van der Waals surface area contributed by atoms with E-state index in [4.69, 9.17) is 5.73 Å². The number of aryl methyl sites for hydroxylation is 1. The van der Waals surface area contributed by atoms with Crippen molar-refractivity contribution in [2.45, 2.75) is 20.0 Å². The van der Waals surface area contributed by atoms with Crippen molar-refractivity contribution < 1.29 is 5.11 Å². The fourth-order valence-corrected chi connectivity index (χ4v) is 1.61. The summed E-state index contributed by atoms with van der Waals surface area (Å²) in [4.78, 5) is 4.32. The molecular weight excluding hydrogens is 188 g/mol. The fraction of sp³-hybridized carbons (Fsp3) is 0.250. The maximum atomic E-state index is 9.44. The minimum Gasteiger partial charge on any atom is -0.398 e. The maximum Gasteiger partial charge on any atom is 0.0777 e. The van der Waals surface area contributed by atoms with Gasteiger partial charge in [-0.25, -0.2) is 0 Å². The Balaban J connectivity index is 2.70. The Hall–Kier alpha value is -1.61. The smallest absolute Gasteiger partial charge is 0.0777 e. The third-order valence-electron chi connectivity index (χ3n) is 2.65. The third kappa shape index (κ3) is 1.66. The van der Waals surface area contributed by atoms with Crippen LogP contribution in [0.2, 0.25) is 0 Å². The zero-order valence-corrected chi connectivity index (χ0v) is 8.86. The number of rotatable bonds is 1. The summed E-state index contributed by atoms with van der Waals surface area (Å²) in [6.45, 7) is 3.68. The number of benzene rings is 1. The predicted octanol–water partition coefficient (Wildman–Crippen LogP) is 2.18. The Morgan fingerprint density at radius 3 is 2.80 bits per heavy atom. The van der Waals surface area contributed by atoms with Crippen molar-refractivity contribution in [3.63, 3.8) is 0 Å². The van der Waals surface area contributed by atoms with E-state index in [1.54, 1.807) is 13.1 Å². The number of fused-ring (bicyclic) bond motifs is 1. The van der Waals surface area contributed by atoms with Crippen molar-refractivity contribution in [3.8, 4) is 0 Å². The molecule has 3 nitrogen and oxygen atoms in total. The van der Waals surface area contributed by atoms with E-state index in [1.807, 2.05) is 25.1 Å². The van der Waals surface area contributed by atoms with Gasteiger partial charge >= 0.3 is 0 Å². The molecule has 1 aromatic carbocycles. The number of aliphatic hydroxyl groups excluding tert-OH is 1. The Bertz CT molecular complexity index is 506. The third-order valence-corrected chi connectivity index (χ3v) is 2.65. The summed E-state index contributed by atoms with van der Waals surface area (Å²) in [5, 5.41) is 10.5. The number of pyridine rings is 1. The van der Waals surface area contributed by atoms with Crippen LogP contribution < -0.4 is 5.73 Å². The van der Waals surface area contributed by atoms with Crippen LogP contribution in [-0.2, 0) is 0 Å². The van der Waals surface area contributed by atoms with Gasteiger partial charge in [-0.3, -0.25) is 4.98 Å². The lowest BCUT2D eigenvalue weighted by Gasteiger charge is -2.08. The van der Waals surface area contributed by atoms with Crippen molar-refractivity contribution in [2.24, 2.45) is 0 Å². The zero-order valence-electron chi connectivity index (χ0n) is 8.86. The highest BCUT2D eigenvalue weighted by atomic mass is 16.3. The first-order valence-electron chi connectivity index (χ1n) is 4.92. The Morgan fingerprint density at radius 2 is 2.13 bits per heavy atom. The number of nitrogens with zero attached hydrogens (tertiary/aromatic N) is 1. The standard InChI is InChI=1S/C12H14N2O/c1-7-11(13)4-3-9-5-10(8(2)15)6-14-12(7)9/h3-6,8,15H,13H2,1-2H3. The van der Waals surface area contributed by atoms with E-state index in [-0.39, 0.29) is 0 Å². The molecule has 0 aliphatic heterocycles. The monoisotopic (exact) mass is 202 g/mol. The Kier molecular flexibility index (Phi) is 2.32. The molecule has 1 unspecified atom stereocenters. The summed E-state index contributed by atoms with van der Waals surface area (Å²) >= 11 is 0. The molecule has 0 spiro atoms. The normalized spacial score (nSPS) is 13.0. The molecule has 1 heterocycles. The number of hydrogen-bond donors (Lipinski definition) is 2. The van der Waals surface area contributed by atoms with E-state index < -0.39 is 6.10 Å². The van der Waals surface area contributed by atoms with Crippen LogP contribution in [0.1, 0.15) is 24.2 Å². The molecule has 78 valence electrons. The highest BCUT2D eigenvalue weighted by molar-refractivity contribution is 5.86. The van der Waals surface area contributed by atoms with Crippen molar-refractivity contribution >= 4 is 16.6 Å². The average Bonchev–Trinajstić information content (AvgIpc) is 2.23. The second-order valence-electron chi connectivity index (χ2n) is 3.80. The highest BCUT2D eigenvalue weighted by Gasteiger charge is 2.06. The highest BCUT2D eigenvalue weighted by Crippen LogP contribution is 2.23. The second kappa shape index (κ2) is 3.51. The van der Waals surface area contributed by atoms with Gasteiger partial charge in [-0.15, -0.1) is 0 Å². The van der Waals surface area contributed by atoms with Gasteiger partial charge in [0, 0.05) is 17.3 Å². The van der Waals surface area contributed by atoms with Crippen molar-refractivity contribution in [2.75, 3.05) is 5.73 Å². The second-order valence-corrected chi connectivity index (χ2v) is 3.80. The predicted molar refractivity (Wildman–Crippen MR) is 61.5 cm³/mol. The molecule has 0 radical (unpaired) electrons. The van der Waals surface area contributed by atoms with Crippen LogP contribution in [0.25, 0.3) is 10.9 Å². The van der Waals surface area contributed by atoms with Crippen LogP contribution in [0.4, 0.5) is 5.69 Å². The van der Waals surface area contributed by atoms with Crippen molar-refractivity contribution in [1.82, 2.24) is 4.98 Å². The summed E-state index contributed by atoms with van der Waals surface area (Å²) in [5.74, 6) is 0. The molecule has 0 aliphatic rings. The number of nitrogen functional groups attached to an aromatic ring is 1. The van der Waals surface area contributed by atoms with E-state index in [9.17, 15) is 5.11 Å². The number of anilines is 1. The van der Waals surface area contributed by atoms with E-state index in [0.29, 0.717) is 0 Å². The summed E-state index contributed by atoms with van der Waals surface area (Å²) in [7, 11) is 0. The average molecular weight is 202 g/mol. The quantitative estimate of drug-likeness (QED) is 0.697. The maximum absolute atomic E-state index is 9.44. The van der Waals surface area contributed by atoms with Crippen LogP contribution in [-0.4, -0.2) is 10.1 Å². The van der Waals surface area contributed by atoms with Crippen LogP contribution in [0.5, 0.6) is 0 Å². The minimum atomic E-state index is -0.486. The molecule has 1 aromatic heterocycles. The SMILES string of the molecule is Cc1c(N)ccc2cc(C(C)O)cnc12. The number of nitrogens with two attached hydrogens (primary N) is 1. The molecule has 0 fully saturated rings. The molecule has 0 saturated carbocycles. The molecule has 0 bridgehead atoms. The molecule has 15 heavy (non-hydrogen) atoms. The van der Waals surface area contributed by atoms with Gasteiger partial charge in [0.1, 0.15) is 0 Å². The van der Waals surface area contributed by atoms with Gasteiger partial charge in [0.25, 0.3) is 0 Å².